The maximum Gasteiger partial charge on any atom is 0.165 e. The van der Waals surface area contributed by atoms with E-state index in [9.17, 15) is 8.78 Å². The molecule has 0 atom stereocenters. The molecule has 0 aliphatic carbocycles. The zero-order valence-corrected chi connectivity index (χ0v) is 10.9. The number of hydrogen-bond donors (Lipinski definition) is 1. The lowest BCUT2D eigenvalue weighted by Gasteiger charge is -2.11. The van der Waals surface area contributed by atoms with E-state index in [1.54, 1.807) is 6.07 Å². The Bertz CT molecular complexity index is 600. The lowest BCUT2D eigenvalue weighted by molar-refractivity contribution is 0.258. The molecule has 0 saturated carbocycles. The minimum Gasteiger partial charge on any atom is -0.494 e. The molecule has 0 aliphatic heterocycles. The summed E-state index contributed by atoms with van der Waals surface area (Å²) in [6, 6.07) is 8.35. The largest absolute Gasteiger partial charge is 0.494 e. The van der Waals surface area contributed by atoms with Gasteiger partial charge in [-0.1, -0.05) is 6.07 Å². The lowest BCUT2D eigenvalue weighted by atomic mass is 10.2. The third-order valence-corrected chi connectivity index (χ3v) is 2.80. The summed E-state index contributed by atoms with van der Waals surface area (Å²) in [6.07, 6.45) is 0. The predicted octanol–water partition coefficient (Wildman–Crippen LogP) is 3.04. The third-order valence-electron chi connectivity index (χ3n) is 2.80. The second-order valence-electron chi connectivity index (χ2n) is 4.17. The molecule has 0 aliphatic rings. The average molecular weight is 280 g/mol. The molecule has 20 heavy (non-hydrogen) atoms. The van der Waals surface area contributed by atoms with Crippen molar-refractivity contribution in [2.24, 2.45) is 0 Å². The molecule has 0 fully saturated rings. The van der Waals surface area contributed by atoms with Gasteiger partial charge in [-0.2, -0.15) is 0 Å². The number of aliphatic hydroxyl groups excluding tert-OH is 1. The van der Waals surface area contributed by atoms with E-state index in [1.165, 1.54) is 37.4 Å². The average Bonchev–Trinajstić information content (AvgIpc) is 2.46. The molecule has 1 N–H and O–H groups in total. The Morgan fingerprint density at radius 2 is 1.80 bits per heavy atom. The van der Waals surface area contributed by atoms with Crippen molar-refractivity contribution >= 4 is 0 Å². The predicted molar refractivity (Wildman–Crippen MR) is 69.6 cm³/mol. The van der Waals surface area contributed by atoms with E-state index in [2.05, 4.69) is 0 Å². The van der Waals surface area contributed by atoms with Crippen molar-refractivity contribution in [3.63, 3.8) is 0 Å². The molecule has 5 heteroatoms. The molecule has 0 radical (unpaired) electrons. The van der Waals surface area contributed by atoms with E-state index in [1.807, 2.05) is 0 Å². The van der Waals surface area contributed by atoms with Crippen LogP contribution >= 0.6 is 0 Å². The molecule has 0 heterocycles. The maximum absolute atomic E-state index is 13.5. The van der Waals surface area contributed by atoms with E-state index in [0.29, 0.717) is 16.9 Å². The van der Waals surface area contributed by atoms with Gasteiger partial charge in [0.2, 0.25) is 0 Å². The Labute approximate surface area is 115 Å². The molecule has 0 saturated heterocycles. The number of halogens is 2. The van der Waals surface area contributed by atoms with Crippen LogP contribution in [0, 0.1) is 11.6 Å². The van der Waals surface area contributed by atoms with Gasteiger partial charge in [0.25, 0.3) is 0 Å². The topological polar surface area (TPSA) is 38.7 Å². The molecule has 0 bridgehead atoms. The zero-order valence-electron chi connectivity index (χ0n) is 10.9. The highest BCUT2D eigenvalue weighted by Crippen LogP contribution is 2.22. The Balaban J connectivity index is 2.10. The smallest absolute Gasteiger partial charge is 0.165 e. The molecule has 0 spiro atoms. The van der Waals surface area contributed by atoms with Gasteiger partial charge in [0.05, 0.1) is 13.7 Å². The number of aliphatic hydroxyl groups is 1. The zero-order chi connectivity index (χ0) is 14.5. The Hall–Kier alpha value is -2.14. The first-order valence-corrected chi connectivity index (χ1v) is 5.98. The summed E-state index contributed by atoms with van der Waals surface area (Å²) in [7, 11) is 1.39. The summed E-state index contributed by atoms with van der Waals surface area (Å²) in [4.78, 5) is 0. The van der Waals surface area contributed by atoms with Gasteiger partial charge >= 0.3 is 0 Å². The summed E-state index contributed by atoms with van der Waals surface area (Å²) in [6.45, 7) is -0.219. The van der Waals surface area contributed by atoms with Gasteiger partial charge in [0, 0.05) is 5.56 Å². The van der Waals surface area contributed by atoms with Crippen LogP contribution in [0.1, 0.15) is 11.1 Å². The van der Waals surface area contributed by atoms with E-state index < -0.39 is 11.6 Å². The van der Waals surface area contributed by atoms with Crippen molar-refractivity contribution in [3.8, 4) is 11.5 Å². The third kappa shape index (κ3) is 3.24. The lowest BCUT2D eigenvalue weighted by Crippen LogP contribution is -2.00. The first-order valence-electron chi connectivity index (χ1n) is 5.98. The molecule has 2 aromatic carbocycles. The molecular formula is C15H14F2O3. The van der Waals surface area contributed by atoms with E-state index in [4.69, 9.17) is 14.6 Å². The number of hydrogen-bond acceptors (Lipinski definition) is 3. The standard InChI is InChI=1S/C15H14F2O3/c1-19-15-4-2-10(6-13(15)17)9-20-14-5-3-12(16)7-11(14)8-18/h2-7,18H,8-9H2,1H3. The van der Waals surface area contributed by atoms with Gasteiger partial charge in [0.1, 0.15) is 18.2 Å². The summed E-state index contributed by atoms with van der Waals surface area (Å²) in [5.74, 6) is -0.399. The van der Waals surface area contributed by atoms with E-state index >= 15 is 0 Å². The van der Waals surface area contributed by atoms with Gasteiger partial charge in [0.15, 0.2) is 11.6 Å². The fraction of sp³-hybridized carbons (Fsp3) is 0.200. The van der Waals surface area contributed by atoms with Gasteiger partial charge < -0.3 is 14.6 Å². The Morgan fingerprint density at radius 1 is 1.05 bits per heavy atom. The van der Waals surface area contributed by atoms with Crippen LogP contribution in [0.4, 0.5) is 8.78 Å². The normalized spacial score (nSPS) is 10.4. The van der Waals surface area contributed by atoms with Crippen LogP contribution in [-0.4, -0.2) is 12.2 Å². The monoisotopic (exact) mass is 280 g/mol. The first-order chi connectivity index (χ1) is 9.63. The van der Waals surface area contributed by atoms with Crippen LogP contribution in [0.25, 0.3) is 0 Å². The second-order valence-corrected chi connectivity index (χ2v) is 4.17. The number of ether oxygens (including phenoxy) is 2. The van der Waals surface area contributed by atoms with E-state index in [0.717, 1.165) is 0 Å². The summed E-state index contributed by atoms with van der Waals surface area (Å²) in [5, 5.41) is 9.13. The molecule has 2 aromatic rings. The SMILES string of the molecule is COc1ccc(COc2ccc(F)cc2CO)cc1F. The van der Waals surface area contributed by atoms with Crippen LogP contribution in [-0.2, 0) is 13.2 Å². The van der Waals surface area contributed by atoms with Crippen LogP contribution in [0.2, 0.25) is 0 Å². The van der Waals surface area contributed by atoms with E-state index in [-0.39, 0.29) is 19.0 Å². The fourth-order valence-electron chi connectivity index (χ4n) is 1.77. The molecular weight excluding hydrogens is 266 g/mol. The molecule has 0 amide bonds. The maximum atomic E-state index is 13.5. The van der Waals surface area contributed by atoms with Crippen molar-refractivity contribution in [2.75, 3.05) is 7.11 Å². The Kier molecular flexibility index (Phi) is 4.53. The van der Waals surface area contributed by atoms with Gasteiger partial charge in [-0.05, 0) is 35.9 Å². The minimum absolute atomic E-state index is 0.111. The Morgan fingerprint density at radius 3 is 2.45 bits per heavy atom. The van der Waals surface area contributed by atoms with Crippen LogP contribution in [0.15, 0.2) is 36.4 Å². The molecule has 2 rings (SSSR count). The van der Waals surface area contributed by atoms with Crippen LogP contribution in [0.5, 0.6) is 11.5 Å². The van der Waals surface area contributed by atoms with Crippen LogP contribution in [0.3, 0.4) is 0 Å². The van der Waals surface area contributed by atoms with Crippen molar-refractivity contribution < 1.29 is 23.4 Å². The second kappa shape index (κ2) is 6.34. The number of rotatable bonds is 5. The highest BCUT2D eigenvalue weighted by molar-refractivity contribution is 5.34. The van der Waals surface area contributed by atoms with Crippen LogP contribution < -0.4 is 9.47 Å². The first kappa shape index (κ1) is 14.3. The van der Waals surface area contributed by atoms with Crippen molar-refractivity contribution in [2.45, 2.75) is 13.2 Å². The highest BCUT2D eigenvalue weighted by Gasteiger charge is 2.07. The molecule has 0 aromatic heterocycles. The fourth-order valence-corrected chi connectivity index (χ4v) is 1.77. The number of benzene rings is 2. The number of methoxy groups -OCH3 is 1. The minimum atomic E-state index is -0.477. The summed E-state index contributed by atoms with van der Waals surface area (Å²) >= 11 is 0. The van der Waals surface area contributed by atoms with Gasteiger partial charge in [-0.3, -0.25) is 0 Å². The molecule has 3 nitrogen and oxygen atoms in total. The quantitative estimate of drug-likeness (QED) is 0.915. The molecule has 0 unspecified atom stereocenters. The van der Waals surface area contributed by atoms with Gasteiger partial charge in [-0.15, -0.1) is 0 Å². The van der Waals surface area contributed by atoms with Gasteiger partial charge in [-0.25, -0.2) is 8.78 Å². The molecule has 106 valence electrons. The van der Waals surface area contributed by atoms with Crippen molar-refractivity contribution in [3.05, 3.63) is 59.2 Å². The summed E-state index contributed by atoms with van der Waals surface area (Å²) in [5.41, 5.74) is 0.954. The van der Waals surface area contributed by atoms with Crippen molar-refractivity contribution in [1.82, 2.24) is 0 Å². The van der Waals surface area contributed by atoms with Crippen molar-refractivity contribution in [1.29, 1.82) is 0 Å². The summed E-state index contributed by atoms with van der Waals surface area (Å²) < 4.78 is 36.8. The highest BCUT2D eigenvalue weighted by atomic mass is 19.1.